The first-order chi connectivity index (χ1) is 9.72. The number of nitrogens with one attached hydrogen (secondary N) is 2. The fraction of sp³-hybridized carbons (Fsp3) is 0.938. The Bertz CT molecular complexity index is 346. The molecule has 2 unspecified atom stereocenters. The van der Waals surface area contributed by atoms with Crippen LogP contribution in [0.5, 0.6) is 0 Å². The maximum absolute atomic E-state index is 12.1. The molecule has 2 saturated heterocycles. The Kier molecular flexibility index (Phi) is 8.47. The molecule has 3 rings (SSSR count). The quantitative estimate of drug-likeness (QED) is 0.797. The number of amides is 1. The van der Waals surface area contributed by atoms with E-state index in [0.29, 0.717) is 12.0 Å². The zero-order valence-electron chi connectivity index (χ0n) is 13.6. The van der Waals surface area contributed by atoms with E-state index in [-0.39, 0.29) is 30.7 Å². The number of likely N-dealkylation sites (tertiary alicyclic amines) is 1. The number of carbonyl (C=O) groups excluding carboxylic acids is 1. The van der Waals surface area contributed by atoms with Crippen LogP contribution in [0.15, 0.2) is 0 Å². The van der Waals surface area contributed by atoms with Crippen molar-refractivity contribution < 1.29 is 4.79 Å². The van der Waals surface area contributed by atoms with Crippen molar-refractivity contribution in [1.82, 2.24) is 15.5 Å². The van der Waals surface area contributed by atoms with Gasteiger partial charge in [-0.2, -0.15) is 0 Å². The van der Waals surface area contributed by atoms with Gasteiger partial charge >= 0.3 is 0 Å². The highest BCUT2D eigenvalue weighted by Crippen LogP contribution is 2.31. The standard InChI is InChI=1S/C16H29N3O.2ClH/c1-12-10-19(14-3-4-14)11-15(12)18-16(20)5-2-13-6-8-17-9-7-13;;/h12-15,17H,2-11H2,1H3,(H,18,20);2*1H. The lowest BCUT2D eigenvalue weighted by Crippen LogP contribution is -2.40. The average molecular weight is 352 g/mol. The minimum absolute atomic E-state index is 0. The minimum atomic E-state index is 0. The summed E-state index contributed by atoms with van der Waals surface area (Å²) in [6.45, 7) is 6.78. The Balaban J connectivity index is 0.00000121. The van der Waals surface area contributed by atoms with Crippen molar-refractivity contribution in [2.45, 2.75) is 57.5 Å². The molecule has 1 amide bonds. The fourth-order valence-electron chi connectivity index (χ4n) is 3.71. The smallest absolute Gasteiger partial charge is 0.220 e. The van der Waals surface area contributed by atoms with Crippen LogP contribution in [-0.4, -0.2) is 49.1 Å². The molecule has 1 saturated carbocycles. The van der Waals surface area contributed by atoms with E-state index in [9.17, 15) is 4.79 Å². The molecule has 0 radical (unpaired) electrons. The van der Waals surface area contributed by atoms with Crippen molar-refractivity contribution in [3.8, 4) is 0 Å². The maximum Gasteiger partial charge on any atom is 0.220 e. The topological polar surface area (TPSA) is 44.4 Å². The number of hydrogen-bond donors (Lipinski definition) is 2. The summed E-state index contributed by atoms with van der Waals surface area (Å²) in [6.07, 6.45) is 7.00. The molecule has 3 aliphatic rings. The highest BCUT2D eigenvalue weighted by Gasteiger charge is 2.38. The number of hydrogen-bond acceptors (Lipinski definition) is 3. The predicted octanol–water partition coefficient (Wildman–Crippen LogP) is 2.21. The van der Waals surface area contributed by atoms with E-state index in [1.165, 1.54) is 32.2 Å². The lowest BCUT2D eigenvalue weighted by atomic mass is 9.93. The van der Waals surface area contributed by atoms with Gasteiger partial charge < -0.3 is 10.6 Å². The summed E-state index contributed by atoms with van der Waals surface area (Å²) in [5, 5.41) is 6.67. The third-order valence-corrected chi connectivity index (χ3v) is 5.29. The second-order valence-corrected chi connectivity index (χ2v) is 7.07. The van der Waals surface area contributed by atoms with Gasteiger partial charge in [0.05, 0.1) is 0 Å². The van der Waals surface area contributed by atoms with E-state index >= 15 is 0 Å². The van der Waals surface area contributed by atoms with Gasteiger partial charge in [0.1, 0.15) is 0 Å². The maximum atomic E-state index is 12.1. The van der Waals surface area contributed by atoms with Crippen LogP contribution in [0.25, 0.3) is 0 Å². The SMILES string of the molecule is CC1CN(C2CC2)CC1NC(=O)CCC1CCNCC1.Cl.Cl. The lowest BCUT2D eigenvalue weighted by Gasteiger charge is -2.23. The van der Waals surface area contributed by atoms with Crippen molar-refractivity contribution in [3.63, 3.8) is 0 Å². The van der Waals surface area contributed by atoms with Crippen LogP contribution in [0, 0.1) is 11.8 Å². The first kappa shape index (κ1) is 20.0. The third kappa shape index (κ3) is 5.55. The third-order valence-electron chi connectivity index (χ3n) is 5.29. The van der Waals surface area contributed by atoms with E-state index < -0.39 is 0 Å². The molecule has 0 aromatic rings. The summed E-state index contributed by atoms with van der Waals surface area (Å²) in [5.41, 5.74) is 0. The van der Waals surface area contributed by atoms with Crippen molar-refractivity contribution in [1.29, 1.82) is 0 Å². The zero-order chi connectivity index (χ0) is 13.9. The van der Waals surface area contributed by atoms with Crippen molar-refractivity contribution in [3.05, 3.63) is 0 Å². The number of nitrogens with zero attached hydrogens (tertiary/aromatic N) is 1. The van der Waals surface area contributed by atoms with Crippen molar-refractivity contribution >= 4 is 30.7 Å². The number of rotatable bonds is 5. The summed E-state index contributed by atoms with van der Waals surface area (Å²) >= 11 is 0. The molecule has 4 nitrogen and oxygen atoms in total. The van der Waals surface area contributed by atoms with Gasteiger partial charge in [-0.3, -0.25) is 9.69 Å². The number of carbonyl (C=O) groups is 1. The van der Waals surface area contributed by atoms with Gasteiger partial charge in [0.15, 0.2) is 0 Å². The van der Waals surface area contributed by atoms with E-state index in [4.69, 9.17) is 0 Å². The highest BCUT2D eigenvalue weighted by atomic mass is 35.5. The molecule has 3 fully saturated rings. The molecule has 2 atom stereocenters. The molecule has 1 aliphatic carbocycles. The van der Waals surface area contributed by atoms with Crippen LogP contribution >= 0.6 is 24.8 Å². The summed E-state index contributed by atoms with van der Waals surface area (Å²) in [6, 6.07) is 1.21. The molecule has 0 aromatic carbocycles. The van der Waals surface area contributed by atoms with Gasteiger partial charge in [-0.1, -0.05) is 6.92 Å². The van der Waals surface area contributed by atoms with Crippen molar-refractivity contribution in [2.24, 2.45) is 11.8 Å². The number of piperidine rings is 1. The summed E-state index contributed by atoms with van der Waals surface area (Å²) in [7, 11) is 0. The predicted molar refractivity (Wildman–Crippen MR) is 95.0 cm³/mol. The molecule has 130 valence electrons. The van der Waals surface area contributed by atoms with E-state index in [1.807, 2.05) is 0 Å². The Morgan fingerprint density at radius 1 is 1.14 bits per heavy atom. The molecule has 2 N–H and O–H groups in total. The van der Waals surface area contributed by atoms with Crippen LogP contribution in [0.4, 0.5) is 0 Å². The molecule has 2 aliphatic heterocycles. The molecule has 6 heteroatoms. The largest absolute Gasteiger partial charge is 0.352 e. The Morgan fingerprint density at radius 3 is 2.45 bits per heavy atom. The molecule has 0 spiro atoms. The molecule has 2 heterocycles. The average Bonchev–Trinajstić information content (AvgIpc) is 3.24. The van der Waals surface area contributed by atoms with Gasteiger partial charge in [0.25, 0.3) is 0 Å². The van der Waals surface area contributed by atoms with Crippen LogP contribution in [-0.2, 0) is 4.79 Å². The van der Waals surface area contributed by atoms with Gasteiger partial charge in [-0.05, 0) is 57.0 Å². The second kappa shape index (κ2) is 9.31. The first-order valence-corrected chi connectivity index (χ1v) is 8.46. The van der Waals surface area contributed by atoms with Crippen LogP contribution < -0.4 is 10.6 Å². The lowest BCUT2D eigenvalue weighted by molar-refractivity contribution is -0.122. The van der Waals surface area contributed by atoms with Crippen LogP contribution in [0.1, 0.15) is 45.4 Å². The monoisotopic (exact) mass is 351 g/mol. The normalized spacial score (nSPS) is 29.5. The molecule has 0 bridgehead atoms. The molecule has 0 aromatic heterocycles. The van der Waals surface area contributed by atoms with E-state index in [0.717, 1.165) is 44.4 Å². The highest BCUT2D eigenvalue weighted by molar-refractivity contribution is 5.85. The van der Waals surface area contributed by atoms with E-state index in [1.54, 1.807) is 0 Å². The summed E-state index contributed by atoms with van der Waals surface area (Å²) in [4.78, 5) is 14.7. The van der Waals surface area contributed by atoms with Crippen LogP contribution in [0.2, 0.25) is 0 Å². The van der Waals surface area contributed by atoms with E-state index in [2.05, 4.69) is 22.5 Å². The van der Waals surface area contributed by atoms with Gasteiger partial charge in [0.2, 0.25) is 5.91 Å². The Morgan fingerprint density at radius 2 is 1.82 bits per heavy atom. The fourth-order valence-corrected chi connectivity index (χ4v) is 3.71. The molecule has 22 heavy (non-hydrogen) atoms. The number of halogens is 2. The zero-order valence-corrected chi connectivity index (χ0v) is 15.2. The first-order valence-electron chi connectivity index (χ1n) is 8.46. The molecular weight excluding hydrogens is 321 g/mol. The van der Waals surface area contributed by atoms with Crippen LogP contribution in [0.3, 0.4) is 0 Å². The Hall–Kier alpha value is -0.0300. The second-order valence-electron chi connectivity index (χ2n) is 7.07. The van der Waals surface area contributed by atoms with Crippen molar-refractivity contribution in [2.75, 3.05) is 26.2 Å². The van der Waals surface area contributed by atoms with Gasteiger partial charge in [-0.15, -0.1) is 24.8 Å². The van der Waals surface area contributed by atoms with Gasteiger partial charge in [0, 0.05) is 31.6 Å². The summed E-state index contributed by atoms with van der Waals surface area (Å²) < 4.78 is 0. The minimum Gasteiger partial charge on any atom is -0.352 e. The Labute approximate surface area is 147 Å². The summed E-state index contributed by atoms with van der Waals surface area (Å²) in [5.74, 6) is 1.64. The van der Waals surface area contributed by atoms with Gasteiger partial charge in [-0.25, -0.2) is 0 Å². The molecular formula is C16H31Cl2N3O.